The van der Waals surface area contributed by atoms with Gasteiger partial charge in [-0.1, -0.05) is 24.3 Å². The van der Waals surface area contributed by atoms with Crippen molar-refractivity contribution in [1.82, 2.24) is 9.97 Å². The molecular weight excluding hydrogens is 299 g/mol. The fourth-order valence-electron chi connectivity index (χ4n) is 3.89. The maximum Gasteiger partial charge on any atom is 0.254 e. The highest BCUT2D eigenvalue weighted by atomic mass is 32.1. The van der Waals surface area contributed by atoms with Crippen LogP contribution in [0.2, 0.25) is 0 Å². The van der Waals surface area contributed by atoms with Gasteiger partial charge in [0.1, 0.15) is 5.83 Å². The van der Waals surface area contributed by atoms with Crippen molar-refractivity contribution in [3.8, 4) is 0 Å². The molecule has 2 aliphatic carbocycles. The lowest BCUT2D eigenvalue weighted by Gasteiger charge is -2.34. The Bertz CT molecular complexity index is 886. The number of thiol groups is 1. The Morgan fingerprint density at radius 1 is 1.36 bits per heavy atom. The Morgan fingerprint density at radius 2 is 2.14 bits per heavy atom. The van der Waals surface area contributed by atoms with E-state index in [1.807, 2.05) is 31.2 Å². The summed E-state index contributed by atoms with van der Waals surface area (Å²) in [6, 6.07) is 7.83. The van der Waals surface area contributed by atoms with Gasteiger partial charge < -0.3 is 4.98 Å². The number of nitrogens with one attached hydrogen (secondary N) is 1. The van der Waals surface area contributed by atoms with E-state index >= 15 is 4.39 Å². The monoisotopic (exact) mass is 314 g/mol. The SMILES string of the molecule is CC1=C(F)[C@@]2(CCc3c(nc(S)[nH]c3=O)C2)c2ccccc21. The maximum absolute atomic E-state index is 15.1. The van der Waals surface area contributed by atoms with Gasteiger partial charge in [0.15, 0.2) is 5.16 Å². The minimum atomic E-state index is -0.672. The van der Waals surface area contributed by atoms with Crippen molar-refractivity contribution in [3.63, 3.8) is 0 Å². The average molecular weight is 314 g/mol. The summed E-state index contributed by atoms with van der Waals surface area (Å²) in [5.74, 6) is -0.0813. The highest BCUT2D eigenvalue weighted by Crippen LogP contribution is 2.52. The molecule has 112 valence electrons. The Morgan fingerprint density at radius 3 is 2.95 bits per heavy atom. The summed E-state index contributed by atoms with van der Waals surface area (Å²) in [5.41, 5.74) is 3.19. The van der Waals surface area contributed by atoms with Crippen LogP contribution in [0.4, 0.5) is 4.39 Å². The van der Waals surface area contributed by atoms with E-state index in [1.54, 1.807) is 0 Å². The van der Waals surface area contributed by atoms with E-state index in [0.717, 1.165) is 11.1 Å². The molecule has 1 spiro atoms. The standard InChI is InChI=1S/C17H15FN2OS/c1-9-10-4-2-3-5-12(10)17(14(9)18)7-6-11-13(8-17)19-16(22)20-15(11)21/h2-5H,6-8H2,1H3,(H2,19,20,21,22)/t17-/m1/s1. The number of halogens is 1. The van der Waals surface area contributed by atoms with Crippen molar-refractivity contribution in [2.45, 2.75) is 36.8 Å². The highest BCUT2D eigenvalue weighted by molar-refractivity contribution is 7.80. The summed E-state index contributed by atoms with van der Waals surface area (Å²) in [7, 11) is 0. The zero-order chi connectivity index (χ0) is 15.5. The quantitative estimate of drug-likeness (QED) is 0.579. The number of nitrogens with zero attached hydrogens (tertiary/aromatic N) is 1. The average Bonchev–Trinajstić information content (AvgIpc) is 2.70. The number of rotatable bonds is 0. The topological polar surface area (TPSA) is 45.8 Å². The molecule has 1 atom stereocenters. The van der Waals surface area contributed by atoms with Gasteiger partial charge in [-0.05, 0) is 36.5 Å². The zero-order valence-corrected chi connectivity index (χ0v) is 13.0. The molecule has 5 heteroatoms. The molecule has 1 N–H and O–H groups in total. The molecule has 4 rings (SSSR count). The molecule has 1 aromatic carbocycles. The minimum absolute atomic E-state index is 0.0813. The lowest BCUT2D eigenvalue weighted by molar-refractivity contribution is 0.357. The molecule has 0 unspecified atom stereocenters. The summed E-state index contributed by atoms with van der Waals surface area (Å²) in [4.78, 5) is 19.0. The Balaban J connectivity index is 1.93. The third-order valence-electron chi connectivity index (χ3n) is 4.96. The van der Waals surface area contributed by atoms with E-state index in [-0.39, 0.29) is 16.5 Å². The zero-order valence-electron chi connectivity index (χ0n) is 12.1. The van der Waals surface area contributed by atoms with Crippen LogP contribution < -0.4 is 5.56 Å². The van der Waals surface area contributed by atoms with Gasteiger partial charge in [0.25, 0.3) is 5.56 Å². The summed E-state index contributed by atoms with van der Waals surface area (Å²) >= 11 is 4.14. The second-order valence-corrected chi connectivity index (χ2v) is 6.48. The number of benzene rings is 1. The van der Waals surface area contributed by atoms with Gasteiger partial charge in [-0.3, -0.25) is 4.79 Å². The molecule has 2 aliphatic rings. The molecule has 0 saturated carbocycles. The maximum atomic E-state index is 15.1. The van der Waals surface area contributed by atoms with Crippen molar-refractivity contribution in [2.75, 3.05) is 0 Å². The first kappa shape index (κ1) is 13.8. The van der Waals surface area contributed by atoms with Gasteiger partial charge >= 0.3 is 0 Å². The fourth-order valence-corrected chi connectivity index (χ4v) is 4.11. The molecule has 0 bridgehead atoms. The lowest BCUT2D eigenvalue weighted by atomic mass is 9.70. The van der Waals surface area contributed by atoms with Crippen LogP contribution in [0, 0.1) is 0 Å². The minimum Gasteiger partial charge on any atom is -0.301 e. The van der Waals surface area contributed by atoms with Crippen molar-refractivity contribution in [1.29, 1.82) is 0 Å². The number of allylic oxidation sites excluding steroid dienone is 2. The van der Waals surface area contributed by atoms with Gasteiger partial charge in [-0.15, -0.1) is 12.6 Å². The third kappa shape index (κ3) is 1.69. The number of hydrogen-bond donors (Lipinski definition) is 2. The third-order valence-corrected chi connectivity index (χ3v) is 5.17. The predicted molar refractivity (Wildman–Crippen MR) is 86.0 cm³/mol. The van der Waals surface area contributed by atoms with Crippen molar-refractivity contribution >= 4 is 18.2 Å². The van der Waals surface area contributed by atoms with E-state index in [4.69, 9.17) is 0 Å². The molecule has 1 heterocycles. The Hall–Kier alpha value is -1.88. The first-order chi connectivity index (χ1) is 10.5. The van der Waals surface area contributed by atoms with E-state index in [1.165, 1.54) is 0 Å². The molecule has 2 aromatic rings. The molecule has 1 aromatic heterocycles. The van der Waals surface area contributed by atoms with Crippen LogP contribution in [0.25, 0.3) is 5.57 Å². The van der Waals surface area contributed by atoms with Crippen LogP contribution in [0.15, 0.2) is 40.0 Å². The molecule has 0 saturated heterocycles. The van der Waals surface area contributed by atoms with Crippen molar-refractivity contribution in [3.05, 3.63) is 62.8 Å². The first-order valence-electron chi connectivity index (χ1n) is 7.31. The van der Waals surface area contributed by atoms with Gasteiger partial charge in [0, 0.05) is 12.0 Å². The summed E-state index contributed by atoms with van der Waals surface area (Å²) in [6.07, 6.45) is 1.54. The number of aromatic nitrogens is 2. The van der Waals surface area contributed by atoms with Crippen LogP contribution in [0.5, 0.6) is 0 Å². The second-order valence-electron chi connectivity index (χ2n) is 6.06. The molecule has 3 nitrogen and oxygen atoms in total. The van der Waals surface area contributed by atoms with Crippen molar-refractivity contribution in [2.24, 2.45) is 0 Å². The van der Waals surface area contributed by atoms with E-state index in [2.05, 4.69) is 22.6 Å². The molecule has 0 aliphatic heterocycles. The van der Waals surface area contributed by atoms with E-state index in [0.29, 0.717) is 36.1 Å². The fraction of sp³-hybridized carbons (Fsp3) is 0.294. The number of hydrogen-bond acceptors (Lipinski definition) is 3. The van der Waals surface area contributed by atoms with Gasteiger partial charge in [0.2, 0.25) is 0 Å². The predicted octanol–water partition coefficient (Wildman–Crippen LogP) is 3.20. The second kappa shape index (κ2) is 4.56. The lowest BCUT2D eigenvalue weighted by Crippen LogP contribution is -2.36. The normalized spacial score (nSPS) is 22.9. The number of fused-ring (bicyclic) bond motifs is 3. The largest absolute Gasteiger partial charge is 0.301 e. The smallest absolute Gasteiger partial charge is 0.254 e. The van der Waals surface area contributed by atoms with Crippen LogP contribution in [0.3, 0.4) is 0 Å². The molecule has 0 radical (unpaired) electrons. The van der Waals surface area contributed by atoms with Gasteiger partial charge in [-0.2, -0.15) is 0 Å². The van der Waals surface area contributed by atoms with Crippen LogP contribution in [0.1, 0.15) is 35.7 Å². The summed E-state index contributed by atoms with van der Waals surface area (Å²) in [5, 5.41) is 0.285. The summed E-state index contributed by atoms with van der Waals surface area (Å²) in [6.45, 7) is 1.83. The van der Waals surface area contributed by atoms with E-state index in [9.17, 15) is 4.79 Å². The number of aromatic amines is 1. The first-order valence-corrected chi connectivity index (χ1v) is 7.75. The molecule has 0 fully saturated rings. The van der Waals surface area contributed by atoms with Gasteiger partial charge in [-0.25, -0.2) is 9.37 Å². The van der Waals surface area contributed by atoms with Crippen LogP contribution in [-0.2, 0) is 18.3 Å². The number of H-pyrrole nitrogens is 1. The summed E-state index contributed by atoms with van der Waals surface area (Å²) < 4.78 is 15.1. The molecule has 22 heavy (non-hydrogen) atoms. The van der Waals surface area contributed by atoms with Crippen molar-refractivity contribution < 1.29 is 4.39 Å². The highest BCUT2D eigenvalue weighted by Gasteiger charge is 2.47. The molecular formula is C17H15FN2OS. The van der Waals surface area contributed by atoms with Gasteiger partial charge in [0.05, 0.1) is 11.1 Å². The van der Waals surface area contributed by atoms with Crippen LogP contribution >= 0.6 is 12.6 Å². The Labute approximate surface area is 132 Å². The van der Waals surface area contributed by atoms with E-state index < -0.39 is 5.41 Å². The van der Waals surface area contributed by atoms with Crippen LogP contribution in [-0.4, -0.2) is 9.97 Å². The Kier molecular flexibility index (Phi) is 2.85. The molecule has 0 amide bonds.